The van der Waals surface area contributed by atoms with E-state index in [4.69, 9.17) is 17.3 Å². The molecule has 0 aliphatic carbocycles. The van der Waals surface area contributed by atoms with Crippen LogP contribution >= 0.6 is 23.4 Å². The van der Waals surface area contributed by atoms with Crippen LogP contribution in [0.1, 0.15) is 21.9 Å². The predicted octanol–water partition coefficient (Wildman–Crippen LogP) is 4.75. The van der Waals surface area contributed by atoms with E-state index in [0.717, 1.165) is 5.02 Å². The molecule has 0 heterocycles. The van der Waals surface area contributed by atoms with E-state index in [1.807, 2.05) is 18.2 Å². The van der Waals surface area contributed by atoms with Gasteiger partial charge >= 0.3 is 0 Å². The van der Waals surface area contributed by atoms with Gasteiger partial charge in [0.25, 0.3) is 0 Å². The van der Waals surface area contributed by atoms with Crippen LogP contribution in [-0.2, 0) is 0 Å². The average molecular weight is 292 g/mol. The lowest BCUT2D eigenvalue weighted by atomic mass is 10.1. The molecule has 0 aliphatic rings. The van der Waals surface area contributed by atoms with Crippen LogP contribution in [0, 0.1) is 13.8 Å². The summed E-state index contributed by atoms with van der Waals surface area (Å²) < 4.78 is 0. The van der Waals surface area contributed by atoms with Crippen LogP contribution < -0.4 is 5.73 Å². The Balaban J connectivity index is 2.21. The molecule has 0 aliphatic heterocycles. The molecule has 0 radical (unpaired) electrons. The predicted molar refractivity (Wildman–Crippen MR) is 85.0 cm³/mol. The van der Waals surface area contributed by atoms with Gasteiger partial charge in [-0.05, 0) is 54.8 Å². The van der Waals surface area contributed by atoms with Crippen LogP contribution in [0.15, 0.2) is 47.4 Å². The van der Waals surface area contributed by atoms with Gasteiger partial charge in [0.2, 0.25) is 0 Å². The molecule has 100 valence electrons. The van der Waals surface area contributed by atoms with E-state index in [9.17, 15) is 0 Å². The molecule has 0 saturated carbocycles. The van der Waals surface area contributed by atoms with E-state index in [-0.39, 0.29) is 5.25 Å². The van der Waals surface area contributed by atoms with E-state index >= 15 is 0 Å². The Hall–Kier alpha value is -0.960. The Labute approximate surface area is 124 Å². The number of nitrogens with two attached hydrogens (primary N) is 1. The number of halogens is 1. The molecular weight excluding hydrogens is 274 g/mol. The second-order valence-corrected chi connectivity index (χ2v) is 6.36. The van der Waals surface area contributed by atoms with Gasteiger partial charge in [0.15, 0.2) is 0 Å². The Kier molecular flexibility index (Phi) is 4.92. The first-order valence-corrected chi connectivity index (χ1v) is 7.55. The number of benzene rings is 2. The maximum Gasteiger partial charge on any atom is 0.0467 e. The first-order chi connectivity index (χ1) is 9.10. The van der Waals surface area contributed by atoms with E-state index in [2.05, 4.69) is 38.1 Å². The van der Waals surface area contributed by atoms with Gasteiger partial charge in [-0.3, -0.25) is 0 Å². The third-order valence-corrected chi connectivity index (χ3v) is 4.70. The number of hydrogen-bond donors (Lipinski definition) is 1. The van der Waals surface area contributed by atoms with E-state index in [1.165, 1.54) is 21.6 Å². The summed E-state index contributed by atoms with van der Waals surface area (Å²) in [6.07, 6.45) is 0. The molecule has 2 rings (SSSR count). The molecule has 2 aromatic carbocycles. The summed E-state index contributed by atoms with van der Waals surface area (Å²) >= 11 is 7.83. The van der Waals surface area contributed by atoms with Crippen molar-refractivity contribution in [3.8, 4) is 0 Å². The first kappa shape index (κ1) is 14.4. The molecular formula is C16H18ClNS. The van der Waals surface area contributed by atoms with Gasteiger partial charge in [-0.25, -0.2) is 0 Å². The number of rotatable bonds is 4. The molecule has 0 amide bonds. The van der Waals surface area contributed by atoms with E-state index in [1.54, 1.807) is 11.8 Å². The van der Waals surface area contributed by atoms with Crippen LogP contribution in [0.4, 0.5) is 0 Å². The summed E-state index contributed by atoms with van der Waals surface area (Å²) in [6, 6.07) is 14.5. The monoisotopic (exact) mass is 291 g/mol. The summed E-state index contributed by atoms with van der Waals surface area (Å²) in [4.78, 5) is 1.25. The number of aryl methyl sites for hydroxylation is 2. The van der Waals surface area contributed by atoms with E-state index in [0.29, 0.717) is 6.54 Å². The SMILES string of the molecule is Cc1ccc(SC(CN)c2cccc(Cl)c2)cc1C. The van der Waals surface area contributed by atoms with Crippen molar-refractivity contribution < 1.29 is 0 Å². The average Bonchev–Trinajstić information content (AvgIpc) is 2.40. The molecule has 0 aromatic heterocycles. The summed E-state index contributed by atoms with van der Waals surface area (Å²) in [5.41, 5.74) is 9.71. The molecule has 0 saturated heterocycles. The summed E-state index contributed by atoms with van der Waals surface area (Å²) in [6.45, 7) is 4.86. The Bertz CT molecular complexity index is 568. The first-order valence-electron chi connectivity index (χ1n) is 6.29. The maximum atomic E-state index is 6.04. The molecule has 2 aromatic rings. The molecule has 19 heavy (non-hydrogen) atoms. The van der Waals surface area contributed by atoms with Crippen molar-refractivity contribution in [2.24, 2.45) is 5.73 Å². The van der Waals surface area contributed by atoms with Gasteiger partial charge in [0.1, 0.15) is 0 Å². The molecule has 0 bridgehead atoms. The van der Waals surface area contributed by atoms with Crippen molar-refractivity contribution in [2.45, 2.75) is 24.0 Å². The fourth-order valence-corrected chi connectivity index (χ4v) is 3.21. The summed E-state index contributed by atoms with van der Waals surface area (Å²) in [5.74, 6) is 0. The second-order valence-electron chi connectivity index (χ2n) is 4.64. The van der Waals surface area contributed by atoms with Crippen molar-refractivity contribution in [1.82, 2.24) is 0 Å². The minimum atomic E-state index is 0.237. The number of thioether (sulfide) groups is 1. The minimum Gasteiger partial charge on any atom is -0.329 e. The smallest absolute Gasteiger partial charge is 0.0467 e. The van der Waals surface area contributed by atoms with Gasteiger partial charge in [-0.2, -0.15) is 0 Å². The second kappa shape index (κ2) is 6.47. The van der Waals surface area contributed by atoms with Gasteiger partial charge in [0, 0.05) is 21.7 Å². The largest absolute Gasteiger partial charge is 0.329 e. The van der Waals surface area contributed by atoms with Crippen LogP contribution in [0.25, 0.3) is 0 Å². The minimum absolute atomic E-state index is 0.237. The van der Waals surface area contributed by atoms with E-state index < -0.39 is 0 Å². The quantitative estimate of drug-likeness (QED) is 0.823. The van der Waals surface area contributed by atoms with Gasteiger partial charge in [-0.15, -0.1) is 11.8 Å². The van der Waals surface area contributed by atoms with Crippen LogP contribution in [-0.4, -0.2) is 6.54 Å². The lowest BCUT2D eigenvalue weighted by molar-refractivity contribution is 0.941. The Morgan fingerprint density at radius 2 is 1.89 bits per heavy atom. The van der Waals surface area contributed by atoms with Crippen LogP contribution in [0.5, 0.6) is 0 Å². The third-order valence-electron chi connectivity index (χ3n) is 3.19. The molecule has 0 spiro atoms. The fourth-order valence-electron chi connectivity index (χ4n) is 1.91. The lowest BCUT2D eigenvalue weighted by Crippen LogP contribution is -2.09. The number of hydrogen-bond acceptors (Lipinski definition) is 2. The highest BCUT2D eigenvalue weighted by Crippen LogP contribution is 2.35. The van der Waals surface area contributed by atoms with Gasteiger partial charge < -0.3 is 5.73 Å². The molecule has 2 N–H and O–H groups in total. The van der Waals surface area contributed by atoms with Crippen molar-refractivity contribution in [1.29, 1.82) is 0 Å². The van der Waals surface area contributed by atoms with Crippen molar-refractivity contribution in [3.63, 3.8) is 0 Å². The van der Waals surface area contributed by atoms with Gasteiger partial charge in [0.05, 0.1) is 0 Å². The molecule has 1 unspecified atom stereocenters. The van der Waals surface area contributed by atoms with Crippen molar-refractivity contribution >= 4 is 23.4 Å². The molecule has 1 nitrogen and oxygen atoms in total. The lowest BCUT2D eigenvalue weighted by Gasteiger charge is -2.16. The van der Waals surface area contributed by atoms with Crippen molar-refractivity contribution in [2.75, 3.05) is 6.54 Å². The standard InChI is InChI=1S/C16H18ClNS/c1-11-6-7-15(8-12(11)2)19-16(10-18)13-4-3-5-14(17)9-13/h3-9,16H,10,18H2,1-2H3. The molecule has 0 fully saturated rings. The normalized spacial score (nSPS) is 12.4. The Morgan fingerprint density at radius 1 is 1.11 bits per heavy atom. The molecule has 1 atom stereocenters. The van der Waals surface area contributed by atoms with Crippen LogP contribution in [0.2, 0.25) is 5.02 Å². The third kappa shape index (κ3) is 3.75. The zero-order chi connectivity index (χ0) is 13.8. The zero-order valence-electron chi connectivity index (χ0n) is 11.2. The molecule has 3 heteroatoms. The highest BCUT2D eigenvalue weighted by atomic mass is 35.5. The summed E-state index contributed by atoms with van der Waals surface area (Å²) in [7, 11) is 0. The van der Waals surface area contributed by atoms with Crippen molar-refractivity contribution in [3.05, 3.63) is 64.2 Å². The highest BCUT2D eigenvalue weighted by Gasteiger charge is 2.12. The van der Waals surface area contributed by atoms with Crippen LogP contribution in [0.3, 0.4) is 0 Å². The fraction of sp³-hybridized carbons (Fsp3) is 0.250. The zero-order valence-corrected chi connectivity index (χ0v) is 12.8. The maximum absolute atomic E-state index is 6.04. The van der Waals surface area contributed by atoms with Gasteiger partial charge in [-0.1, -0.05) is 29.8 Å². The highest BCUT2D eigenvalue weighted by molar-refractivity contribution is 7.99. The topological polar surface area (TPSA) is 26.0 Å². The Morgan fingerprint density at radius 3 is 2.53 bits per heavy atom. The summed E-state index contributed by atoms with van der Waals surface area (Å²) in [5, 5.41) is 0.998.